The van der Waals surface area contributed by atoms with Crippen LogP contribution in [0, 0.1) is 35.5 Å². The lowest BCUT2D eigenvalue weighted by molar-refractivity contribution is -0.127. The van der Waals surface area contributed by atoms with Crippen molar-refractivity contribution in [2.45, 2.75) is 59.2 Å². The van der Waals surface area contributed by atoms with E-state index in [2.05, 4.69) is 13.8 Å². The van der Waals surface area contributed by atoms with Crippen LogP contribution in [0.2, 0.25) is 0 Å². The van der Waals surface area contributed by atoms with Gasteiger partial charge < -0.3 is 9.47 Å². The van der Waals surface area contributed by atoms with Gasteiger partial charge in [0.2, 0.25) is 0 Å². The molecule has 3 fully saturated rings. The van der Waals surface area contributed by atoms with Crippen molar-refractivity contribution < 1.29 is 19.1 Å². The lowest BCUT2D eigenvalue weighted by Gasteiger charge is -2.32. The highest BCUT2D eigenvalue weighted by Crippen LogP contribution is 2.61. The second-order valence-electron chi connectivity index (χ2n) is 8.17. The molecule has 0 aliphatic heterocycles. The van der Waals surface area contributed by atoms with Crippen molar-refractivity contribution in [3.63, 3.8) is 0 Å². The molecule has 118 valence electrons. The zero-order chi connectivity index (χ0) is 15.5. The molecule has 0 heterocycles. The Bertz CT molecular complexity index is 464. The minimum absolute atomic E-state index is 0.112. The first-order valence-electron chi connectivity index (χ1n) is 8.12. The highest BCUT2D eigenvalue weighted by molar-refractivity contribution is 5.87. The fraction of sp³-hybridized carbons (Fsp3) is 0.882. The van der Waals surface area contributed by atoms with E-state index in [-0.39, 0.29) is 23.9 Å². The topological polar surface area (TPSA) is 52.6 Å². The molecule has 3 saturated carbocycles. The van der Waals surface area contributed by atoms with E-state index in [1.807, 2.05) is 20.8 Å². The van der Waals surface area contributed by atoms with Crippen molar-refractivity contribution in [3.8, 4) is 0 Å². The summed E-state index contributed by atoms with van der Waals surface area (Å²) in [6.07, 6.45) is 1.21. The van der Waals surface area contributed by atoms with E-state index in [1.54, 1.807) is 0 Å². The highest BCUT2D eigenvalue weighted by atomic mass is 16.7. The Morgan fingerprint density at radius 1 is 1.19 bits per heavy atom. The van der Waals surface area contributed by atoms with Crippen LogP contribution in [0.25, 0.3) is 0 Å². The van der Waals surface area contributed by atoms with Crippen LogP contribution >= 0.6 is 0 Å². The van der Waals surface area contributed by atoms with Gasteiger partial charge >= 0.3 is 6.16 Å². The fourth-order valence-electron chi connectivity index (χ4n) is 4.93. The summed E-state index contributed by atoms with van der Waals surface area (Å²) in [5.74, 6) is 2.39. The maximum absolute atomic E-state index is 12.5. The summed E-state index contributed by atoms with van der Waals surface area (Å²) >= 11 is 0. The van der Waals surface area contributed by atoms with Gasteiger partial charge in [0.15, 0.2) is 0 Å². The molecule has 7 unspecified atom stereocenters. The number of ketones is 1. The summed E-state index contributed by atoms with van der Waals surface area (Å²) < 4.78 is 10.8. The van der Waals surface area contributed by atoms with Crippen molar-refractivity contribution in [1.82, 2.24) is 0 Å². The van der Waals surface area contributed by atoms with E-state index in [0.717, 1.165) is 12.8 Å². The molecule has 3 rings (SSSR count). The summed E-state index contributed by atoms with van der Waals surface area (Å²) in [7, 11) is 0. The number of hydrogen-bond acceptors (Lipinski definition) is 4. The number of Topliss-reactive ketones (excluding diaryl/α,β-unsaturated/α-hetero) is 1. The number of fused-ring (bicyclic) bond motifs is 5. The minimum atomic E-state index is -0.594. The standard InChI is InChI=1S/C17H26O4/c1-8-9(2)15(18)14-11-6-10(13(8)14)7-12(11)20-16(19)21-17(3,4)5/h8-14H,6-7H2,1-5H3. The number of rotatable bonds is 1. The van der Waals surface area contributed by atoms with E-state index >= 15 is 0 Å². The highest BCUT2D eigenvalue weighted by Gasteiger charge is 2.62. The van der Waals surface area contributed by atoms with Crippen LogP contribution in [-0.4, -0.2) is 23.6 Å². The first kappa shape index (κ1) is 14.9. The molecule has 0 amide bonds. The van der Waals surface area contributed by atoms with Gasteiger partial charge in [-0.3, -0.25) is 4.79 Å². The van der Waals surface area contributed by atoms with Crippen LogP contribution in [0.15, 0.2) is 0 Å². The molecule has 0 saturated heterocycles. The zero-order valence-electron chi connectivity index (χ0n) is 13.6. The van der Waals surface area contributed by atoms with Gasteiger partial charge in [0, 0.05) is 17.8 Å². The quantitative estimate of drug-likeness (QED) is 0.695. The Balaban J connectivity index is 1.68. The molecule has 0 aromatic heterocycles. The van der Waals surface area contributed by atoms with Gasteiger partial charge in [-0.2, -0.15) is 0 Å². The smallest absolute Gasteiger partial charge is 0.431 e. The SMILES string of the molecule is CC1C(=O)C2C3CC(CC3OC(=O)OC(C)(C)C)C2C1C. The molecule has 0 aromatic rings. The number of hydrogen-bond donors (Lipinski definition) is 0. The van der Waals surface area contributed by atoms with E-state index in [4.69, 9.17) is 9.47 Å². The van der Waals surface area contributed by atoms with Crippen molar-refractivity contribution in [3.05, 3.63) is 0 Å². The zero-order valence-corrected chi connectivity index (χ0v) is 13.6. The van der Waals surface area contributed by atoms with Gasteiger partial charge in [0.1, 0.15) is 17.5 Å². The fourth-order valence-corrected chi connectivity index (χ4v) is 4.93. The van der Waals surface area contributed by atoms with Gasteiger partial charge in [-0.1, -0.05) is 13.8 Å². The minimum Gasteiger partial charge on any atom is -0.431 e. The molecule has 4 nitrogen and oxygen atoms in total. The second-order valence-corrected chi connectivity index (χ2v) is 8.17. The average molecular weight is 294 g/mol. The largest absolute Gasteiger partial charge is 0.509 e. The molecule has 21 heavy (non-hydrogen) atoms. The number of carbonyl (C=O) groups excluding carboxylic acids is 2. The van der Waals surface area contributed by atoms with Gasteiger partial charge in [0.05, 0.1) is 0 Å². The predicted molar refractivity (Wildman–Crippen MR) is 77.6 cm³/mol. The maximum atomic E-state index is 12.5. The Hall–Kier alpha value is -1.06. The normalized spacial score (nSPS) is 44.8. The Morgan fingerprint density at radius 3 is 2.48 bits per heavy atom. The number of ether oxygens (including phenoxy) is 2. The molecule has 0 aromatic carbocycles. The monoisotopic (exact) mass is 294 g/mol. The third-order valence-electron chi connectivity index (χ3n) is 5.82. The third-order valence-corrected chi connectivity index (χ3v) is 5.82. The average Bonchev–Trinajstić information content (AvgIpc) is 2.95. The summed E-state index contributed by atoms with van der Waals surface area (Å²) in [6, 6.07) is 0. The van der Waals surface area contributed by atoms with Gasteiger partial charge in [-0.05, 0) is 51.4 Å². The third kappa shape index (κ3) is 2.36. The molecule has 0 N–H and O–H groups in total. The van der Waals surface area contributed by atoms with Crippen molar-refractivity contribution in [1.29, 1.82) is 0 Å². The van der Waals surface area contributed by atoms with Crippen LogP contribution in [-0.2, 0) is 14.3 Å². The molecule has 3 aliphatic carbocycles. The Morgan fingerprint density at radius 2 is 1.86 bits per heavy atom. The maximum Gasteiger partial charge on any atom is 0.509 e. The lowest BCUT2D eigenvalue weighted by atomic mass is 9.77. The Labute approximate surface area is 126 Å². The van der Waals surface area contributed by atoms with Gasteiger partial charge in [-0.15, -0.1) is 0 Å². The molecule has 7 atom stereocenters. The van der Waals surface area contributed by atoms with Gasteiger partial charge in [-0.25, -0.2) is 4.79 Å². The van der Waals surface area contributed by atoms with Crippen LogP contribution in [0.5, 0.6) is 0 Å². The summed E-state index contributed by atoms with van der Waals surface area (Å²) in [6.45, 7) is 9.74. The summed E-state index contributed by atoms with van der Waals surface area (Å²) in [4.78, 5) is 24.3. The predicted octanol–water partition coefficient (Wildman–Crippen LogP) is 3.43. The van der Waals surface area contributed by atoms with Crippen LogP contribution < -0.4 is 0 Å². The first-order valence-corrected chi connectivity index (χ1v) is 8.12. The van der Waals surface area contributed by atoms with E-state index in [0.29, 0.717) is 23.5 Å². The van der Waals surface area contributed by atoms with Crippen molar-refractivity contribution in [2.75, 3.05) is 0 Å². The first-order chi connectivity index (χ1) is 9.69. The van der Waals surface area contributed by atoms with Crippen molar-refractivity contribution >= 4 is 11.9 Å². The molecule has 3 aliphatic rings. The van der Waals surface area contributed by atoms with E-state index < -0.39 is 11.8 Å². The lowest BCUT2D eigenvalue weighted by Crippen LogP contribution is -2.37. The molecular weight excluding hydrogens is 268 g/mol. The van der Waals surface area contributed by atoms with E-state index in [1.165, 1.54) is 0 Å². The molecular formula is C17H26O4. The Kier molecular flexibility index (Phi) is 3.34. The van der Waals surface area contributed by atoms with Crippen LogP contribution in [0.4, 0.5) is 4.79 Å². The number of carbonyl (C=O) groups is 2. The second kappa shape index (κ2) is 4.72. The van der Waals surface area contributed by atoms with Crippen molar-refractivity contribution in [2.24, 2.45) is 35.5 Å². The van der Waals surface area contributed by atoms with Gasteiger partial charge in [0.25, 0.3) is 0 Å². The molecule has 0 radical (unpaired) electrons. The summed E-state index contributed by atoms with van der Waals surface area (Å²) in [5.41, 5.74) is -0.538. The van der Waals surface area contributed by atoms with Crippen LogP contribution in [0.1, 0.15) is 47.5 Å². The molecule has 0 spiro atoms. The summed E-state index contributed by atoms with van der Waals surface area (Å²) in [5, 5.41) is 0. The van der Waals surface area contributed by atoms with Crippen LogP contribution in [0.3, 0.4) is 0 Å². The van der Waals surface area contributed by atoms with E-state index in [9.17, 15) is 9.59 Å². The molecule has 4 heteroatoms. The molecule has 2 bridgehead atoms.